The van der Waals surface area contributed by atoms with Gasteiger partial charge in [0.15, 0.2) is 0 Å². The molecule has 139 valence electrons. The molecule has 1 radical (unpaired) electrons. The van der Waals surface area contributed by atoms with Gasteiger partial charge in [-0.3, -0.25) is 10.5 Å². The van der Waals surface area contributed by atoms with E-state index in [4.69, 9.17) is 5.73 Å². The highest BCUT2D eigenvalue weighted by atomic mass is 16.1. The first kappa shape index (κ1) is 20.0. The van der Waals surface area contributed by atoms with Gasteiger partial charge in [-0.2, -0.15) is 0 Å². The van der Waals surface area contributed by atoms with E-state index in [1.807, 2.05) is 0 Å². The van der Waals surface area contributed by atoms with Gasteiger partial charge in [0.25, 0.3) is 5.91 Å². The lowest BCUT2D eigenvalue weighted by molar-refractivity contribution is -0.125. The van der Waals surface area contributed by atoms with E-state index in [0.717, 1.165) is 37.7 Å². The maximum Gasteiger partial charge on any atom is 0.252 e. The Balaban J connectivity index is 2.45. The van der Waals surface area contributed by atoms with Crippen LogP contribution >= 0.6 is 0 Å². The molecule has 2 unspecified atom stereocenters. The van der Waals surface area contributed by atoms with E-state index in [1.54, 1.807) is 0 Å². The molecule has 0 heterocycles. The van der Waals surface area contributed by atoms with Crippen LogP contribution in [0.5, 0.6) is 0 Å². The molecule has 2 heteroatoms. The molecule has 2 aliphatic carbocycles. The minimum Gasteiger partial charge on any atom is -0.272 e. The summed E-state index contributed by atoms with van der Waals surface area (Å²) in [4.78, 5) is 12.8. The first-order valence-electron chi connectivity index (χ1n) is 10.2. The van der Waals surface area contributed by atoms with E-state index in [2.05, 4.69) is 34.3 Å². The summed E-state index contributed by atoms with van der Waals surface area (Å²) in [6, 6.07) is 0. The second-order valence-corrected chi connectivity index (χ2v) is 8.23. The van der Waals surface area contributed by atoms with Crippen LogP contribution in [0.4, 0.5) is 0 Å². The fourth-order valence-corrected chi connectivity index (χ4v) is 4.95. The lowest BCUT2D eigenvalue weighted by Gasteiger charge is -2.38. The number of hydrogen-bond donors (Lipinski definition) is 0. The molecule has 1 fully saturated rings. The molecule has 2 rings (SSSR count). The Labute approximate surface area is 154 Å². The lowest BCUT2D eigenvalue weighted by atomic mass is 9.64. The van der Waals surface area contributed by atoms with Gasteiger partial charge in [0.1, 0.15) is 0 Å². The van der Waals surface area contributed by atoms with E-state index in [9.17, 15) is 4.79 Å². The smallest absolute Gasteiger partial charge is 0.252 e. The predicted molar refractivity (Wildman–Crippen MR) is 106 cm³/mol. The van der Waals surface area contributed by atoms with Gasteiger partial charge in [0.2, 0.25) is 0 Å². The minimum atomic E-state index is -0.762. The van der Waals surface area contributed by atoms with Crippen LogP contribution in [0.2, 0.25) is 0 Å². The molecular weight excluding hydrogens is 306 g/mol. The van der Waals surface area contributed by atoms with Crippen LogP contribution in [0.15, 0.2) is 34.4 Å². The highest BCUT2D eigenvalue weighted by molar-refractivity contribution is 5.88. The summed E-state index contributed by atoms with van der Waals surface area (Å²) in [7, 11) is 0. The summed E-state index contributed by atoms with van der Waals surface area (Å²) in [5, 5.41) is 0. The molecule has 1 amide bonds. The molecule has 1 saturated carbocycles. The Hall–Kier alpha value is -1.31. The van der Waals surface area contributed by atoms with Crippen molar-refractivity contribution in [2.45, 2.75) is 91.9 Å². The minimum absolute atomic E-state index is 0.249. The Morgan fingerprint density at radius 3 is 1.96 bits per heavy atom. The van der Waals surface area contributed by atoms with Crippen molar-refractivity contribution in [1.82, 2.24) is 5.73 Å². The maximum absolute atomic E-state index is 12.8. The second kappa shape index (κ2) is 8.38. The maximum atomic E-state index is 12.8. The number of nitrogens with one attached hydrogen (secondary N) is 1. The van der Waals surface area contributed by atoms with Gasteiger partial charge >= 0.3 is 0 Å². The molecule has 0 saturated heterocycles. The molecule has 0 aromatic heterocycles. The summed E-state index contributed by atoms with van der Waals surface area (Å²) >= 11 is 0. The van der Waals surface area contributed by atoms with Gasteiger partial charge < -0.3 is 0 Å². The summed E-state index contributed by atoms with van der Waals surface area (Å²) in [5.41, 5.74) is 13.6. The number of rotatable bonds is 2. The third-order valence-electron chi connectivity index (χ3n) is 6.87. The normalized spacial score (nSPS) is 30.2. The van der Waals surface area contributed by atoms with E-state index in [-0.39, 0.29) is 5.92 Å². The van der Waals surface area contributed by atoms with Gasteiger partial charge in [0.05, 0.1) is 5.41 Å². The molecular formula is C23H36NO. The first-order chi connectivity index (χ1) is 11.8. The fourth-order valence-electron chi connectivity index (χ4n) is 4.95. The molecule has 0 aromatic carbocycles. The monoisotopic (exact) mass is 342 g/mol. The van der Waals surface area contributed by atoms with Crippen molar-refractivity contribution in [2.24, 2.45) is 11.3 Å². The van der Waals surface area contributed by atoms with Gasteiger partial charge in [0, 0.05) is 5.92 Å². The standard InChI is InChI=1S/C23H36NO/c1-16-14-12-10-8-6-7-9-11-13-15-23(16,22(24)25)21-19(4)17(2)18(3)20(21)5/h19,24H,1,6-15H2,2-5H3. The van der Waals surface area contributed by atoms with Crippen molar-refractivity contribution >= 4 is 5.91 Å². The Bertz CT molecular complexity index is 595. The van der Waals surface area contributed by atoms with Gasteiger partial charge in [-0.15, -0.1) is 0 Å². The van der Waals surface area contributed by atoms with E-state index in [0.29, 0.717) is 0 Å². The number of hydrogen-bond acceptors (Lipinski definition) is 1. The highest BCUT2D eigenvalue weighted by Gasteiger charge is 2.47. The van der Waals surface area contributed by atoms with Crippen molar-refractivity contribution in [1.29, 1.82) is 0 Å². The van der Waals surface area contributed by atoms with Crippen LogP contribution in [0, 0.1) is 11.3 Å². The van der Waals surface area contributed by atoms with Gasteiger partial charge in [-0.1, -0.05) is 69.6 Å². The van der Waals surface area contributed by atoms with E-state index in [1.165, 1.54) is 54.4 Å². The van der Waals surface area contributed by atoms with Crippen LogP contribution in [-0.2, 0) is 4.79 Å². The van der Waals surface area contributed by atoms with Crippen LogP contribution in [0.25, 0.3) is 0 Å². The molecule has 0 spiro atoms. The zero-order valence-electron chi connectivity index (χ0n) is 16.8. The van der Waals surface area contributed by atoms with Crippen LogP contribution in [0.3, 0.4) is 0 Å². The predicted octanol–water partition coefficient (Wildman–Crippen LogP) is 6.56. The molecule has 2 nitrogen and oxygen atoms in total. The molecule has 0 bridgehead atoms. The van der Waals surface area contributed by atoms with Crippen molar-refractivity contribution in [2.75, 3.05) is 0 Å². The quantitative estimate of drug-likeness (QED) is 0.524. The number of carbonyl (C=O) groups is 1. The van der Waals surface area contributed by atoms with Crippen molar-refractivity contribution in [3.63, 3.8) is 0 Å². The van der Waals surface area contributed by atoms with Crippen molar-refractivity contribution < 1.29 is 4.79 Å². The highest BCUT2D eigenvalue weighted by Crippen LogP contribution is 2.52. The van der Waals surface area contributed by atoms with Gasteiger partial charge in [-0.05, 0) is 56.8 Å². The number of amides is 1. The molecule has 0 aromatic rings. The zero-order valence-corrected chi connectivity index (χ0v) is 16.8. The Morgan fingerprint density at radius 2 is 1.48 bits per heavy atom. The summed E-state index contributed by atoms with van der Waals surface area (Å²) in [6.45, 7) is 13.1. The van der Waals surface area contributed by atoms with Crippen LogP contribution in [0.1, 0.15) is 91.9 Å². The molecule has 2 aliphatic rings. The van der Waals surface area contributed by atoms with Crippen molar-refractivity contribution in [3.8, 4) is 0 Å². The Kier molecular flexibility index (Phi) is 6.71. The molecule has 0 aliphatic heterocycles. The van der Waals surface area contributed by atoms with E-state index >= 15 is 0 Å². The van der Waals surface area contributed by atoms with Crippen LogP contribution < -0.4 is 5.73 Å². The average Bonchev–Trinajstić information content (AvgIpc) is 2.75. The topological polar surface area (TPSA) is 40.9 Å². The number of allylic oxidation sites excluding steroid dienone is 3. The zero-order chi connectivity index (χ0) is 18.6. The molecule has 2 atom stereocenters. The van der Waals surface area contributed by atoms with E-state index < -0.39 is 11.3 Å². The Morgan fingerprint density at radius 1 is 0.960 bits per heavy atom. The second-order valence-electron chi connectivity index (χ2n) is 8.23. The SMILES string of the molecule is C=C1CCCCCCCCCCC1(C([NH])=O)C1=C(C)C(C)=C(C)C1C. The third-order valence-corrected chi connectivity index (χ3v) is 6.87. The van der Waals surface area contributed by atoms with Gasteiger partial charge in [-0.25, -0.2) is 0 Å². The lowest BCUT2D eigenvalue weighted by Crippen LogP contribution is -2.38. The fraction of sp³-hybridized carbons (Fsp3) is 0.696. The largest absolute Gasteiger partial charge is 0.272 e. The van der Waals surface area contributed by atoms with Crippen LogP contribution in [-0.4, -0.2) is 5.91 Å². The first-order valence-corrected chi connectivity index (χ1v) is 10.2. The third kappa shape index (κ3) is 3.78. The summed E-state index contributed by atoms with van der Waals surface area (Å²) in [6.07, 6.45) is 11.3. The molecule has 1 N–H and O–H groups in total. The van der Waals surface area contributed by atoms with Crippen molar-refractivity contribution in [3.05, 3.63) is 34.4 Å². The molecule has 25 heavy (non-hydrogen) atoms. The number of carbonyl (C=O) groups excluding carboxylic acids is 1. The summed E-state index contributed by atoms with van der Waals surface area (Å²) in [5.74, 6) is -0.183. The summed E-state index contributed by atoms with van der Waals surface area (Å²) < 4.78 is 0. The average molecular weight is 343 g/mol.